The SMILES string of the molecule is COc1cc(/C=N/NC(=O)Nc2ccc(Br)c(C)c2)cc(I)c1OCC(=O)Nc1ccccc1. The van der Waals surface area contributed by atoms with Gasteiger partial charge in [-0.15, -0.1) is 0 Å². The van der Waals surface area contributed by atoms with Gasteiger partial charge in [-0.3, -0.25) is 4.79 Å². The van der Waals surface area contributed by atoms with Gasteiger partial charge in [-0.05, 0) is 83.1 Å². The van der Waals surface area contributed by atoms with Crippen LogP contribution in [0.15, 0.2) is 70.2 Å². The molecule has 10 heteroatoms. The standard InChI is InChI=1S/C24H22BrIN4O4/c1-15-10-18(8-9-19(15)25)29-24(32)30-27-13-16-11-20(26)23(21(12-16)33-2)34-14-22(31)28-17-6-4-3-5-7-17/h3-13H,14H2,1-2H3,(H,28,31)(H2,29,30,32)/b27-13+. The summed E-state index contributed by atoms with van der Waals surface area (Å²) < 4.78 is 12.8. The van der Waals surface area contributed by atoms with E-state index >= 15 is 0 Å². The zero-order valence-corrected chi connectivity index (χ0v) is 22.1. The molecule has 0 atom stereocenters. The molecule has 8 nitrogen and oxygen atoms in total. The molecule has 0 saturated heterocycles. The van der Waals surface area contributed by atoms with Crippen LogP contribution in [-0.4, -0.2) is 31.9 Å². The summed E-state index contributed by atoms with van der Waals surface area (Å²) in [5, 5.41) is 9.47. The zero-order valence-electron chi connectivity index (χ0n) is 18.4. The Morgan fingerprint density at radius 3 is 2.53 bits per heavy atom. The van der Waals surface area contributed by atoms with E-state index in [2.05, 4.69) is 59.7 Å². The Kier molecular flexibility index (Phi) is 9.28. The molecule has 0 aliphatic rings. The molecule has 0 aromatic heterocycles. The van der Waals surface area contributed by atoms with Crippen molar-refractivity contribution in [3.63, 3.8) is 0 Å². The number of hydrogen-bond donors (Lipinski definition) is 3. The van der Waals surface area contributed by atoms with E-state index < -0.39 is 6.03 Å². The highest BCUT2D eigenvalue weighted by molar-refractivity contribution is 14.1. The number of nitrogens with zero attached hydrogens (tertiary/aromatic N) is 1. The molecule has 3 aromatic carbocycles. The summed E-state index contributed by atoms with van der Waals surface area (Å²) in [6.45, 7) is 1.76. The zero-order chi connectivity index (χ0) is 24.5. The minimum absolute atomic E-state index is 0.175. The second-order valence-electron chi connectivity index (χ2n) is 7.03. The first-order valence-corrected chi connectivity index (χ1v) is 11.9. The second-order valence-corrected chi connectivity index (χ2v) is 9.04. The van der Waals surface area contributed by atoms with Crippen LogP contribution in [0.3, 0.4) is 0 Å². The molecule has 34 heavy (non-hydrogen) atoms. The third-order valence-electron chi connectivity index (χ3n) is 4.45. The lowest BCUT2D eigenvalue weighted by molar-refractivity contribution is -0.118. The predicted octanol–water partition coefficient (Wildman–Crippen LogP) is 5.54. The molecule has 3 amide bonds. The third kappa shape index (κ3) is 7.45. The maximum Gasteiger partial charge on any atom is 0.339 e. The van der Waals surface area contributed by atoms with Gasteiger partial charge in [0, 0.05) is 15.8 Å². The number of carbonyl (C=O) groups is 2. The third-order valence-corrected chi connectivity index (χ3v) is 6.14. The molecule has 0 fully saturated rings. The van der Waals surface area contributed by atoms with E-state index in [1.807, 2.05) is 37.3 Å². The molecule has 176 valence electrons. The number of hydrazone groups is 1. The van der Waals surface area contributed by atoms with E-state index in [9.17, 15) is 9.59 Å². The number of aryl methyl sites for hydroxylation is 1. The van der Waals surface area contributed by atoms with Crippen molar-refractivity contribution in [3.8, 4) is 11.5 Å². The van der Waals surface area contributed by atoms with Crippen molar-refractivity contribution in [1.82, 2.24) is 5.43 Å². The molecule has 0 unspecified atom stereocenters. The summed E-state index contributed by atoms with van der Waals surface area (Å²) in [6.07, 6.45) is 1.49. The molecule has 0 heterocycles. The number of benzene rings is 3. The number of rotatable bonds is 8. The van der Waals surface area contributed by atoms with Gasteiger partial charge in [0.1, 0.15) is 0 Å². The minimum Gasteiger partial charge on any atom is -0.493 e. The van der Waals surface area contributed by atoms with Crippen LogP contribution in [-0.2, 0) is 4.79 Å². The predicted molar refractivity (Wildman–Crippen MR) is 145 cm³/mol. The van der Waals surface area contributed by atoms with E-state index in [0.717, 1.165) is 13.6 Å². The lowest BCUT2D eigenvalue weighted by Crippen LogP contribution is -2.24. The van der Waals surface area contributed by atoms with Gasteiger partial charge < -0.3 is 20.1 Å². The average molecular weight is 637 g/mol. The first-order valence-electron chi connectivity index (χ1n) is 10.1. The average Bonchev–Trinajstić information content (AvgIpc) is 2.81. The Labute approximate surface area is 219 Å². The summed E-state index contributed by atoms with van der Waals surface area (Å²) in [4.78, 5) is 24.3. The summed E-state index contributed by atoms with van der Waals surface area (Å²) in [6, 6.07) is 17.7. The monoisotopic (exact) mass is 636 g/mol. The van der Waals surface area contributed by atoms with Crippen molar-refractivity contribution < 1.29 is 19.1 Å². The molecule has 0 aliphatic carbocycles. The van der Waals surface area contributed by atoms with Gasteiger partial charge in [-0.1, -0.05) is 34.1 Å². The second kappa shape index (κ2) is 12.4. The fraction of sp³-hybridized carbons (Fsp3) is 0.125. The van der Waals surface area contributed by atoms with Crippen molar-refractivity contribution in [2.75, 3.05) is 24.4 Å². The number of halogens is 2. The maximum atomic E-state index is 12.2. The van der Waals surface area contributed by atoms with E-state index in [0.29, 0.717) is 28.4 Å². The number of ether oxygens (including phenoxy) is 2. The highest BCUT2D eigenvalue weighted by atomic mass is 127. The molecule has 0 saturated carbocycles. The number of para-hydroxylation sites is 1. The van der Waals surface area contributed by atoms with Gasteiger partial charge in [0.2, 0.25) is 0 Å². The molecule has 3 rings (SSSR count). The van der Waals surface area contributed by atoms with Crippen LogP contribution >= 0.6 is 38.5 Å². The molecule has 3 N–H and O–H groups in total. The minimum atomic E-state index is -0.469. The number of nitrogens with one attached hydrogen (secondary N) is 3. The Morgan fingerprint density at radius 1 is 1.06 bits per heavy atom. The van der Waals surface area contributed by atoms with Crippen molar-refractivity contribution >= 4 is 68.0 Å². The van der Waals surface area contributed by atoms with E-state index in [4.69, 9.17) is 9.47 Å². The maximum absolute atomic E-state index is 12.2. The Balaban J connectivity index is 1.58. The number of amides is 3. The summed E-state index contributed by atoms with van der Waals surface area (Å²) >= 11 is 5.51. The van der Waals surface area contributed by atoms with Crippen LogP contribution in [0.5, 0.6) is 11.5 Å². The lowest BCUT2D eigenvalue weighted by atomic mass is 10.2. The lowest BCUT2D eigenvalue weighted by Gasteiger charge is -2.13. The quantitative estimate of drug-likeness (QED) is 0.172. The Hall–Kier alpha value is -3.12. The smallest absolute Gasteiger partial charge is 0.339 e. The number of urea groups is 1. The fourth-order valence-corrected chi connectivity index (χ4v) is 3.89. The van der Waals surface area contributed by atoms with Crippen molar-refractivity contribution in [2.24, 2.45) is 5.10 Å². The number of anilines is 2. The Bertz CT molecular complexity index is 1210. The van der Waals surface area contributed by atoms with Crippen LogP contribution in [0.25, 0.3) is 0 Å². The van der Waals surface area contributed by atoms with E-state index in [1.54, 1.807) is 30.3 Å². The number of methoxy groups -OCH3 is 1. The van der Waals surface area contributed by atoms with E-state index in [-0.39, 0.29) is 12.5 Å². The van der Waals surface area contributed by atoms with Crippen molar-refractivity contribution in [2.45, 2.75) is 6.92 Å². The molecular formula is C24H22BrIN4O4. The number of hydrogen-bond acceptors (Lipinski definition) is 5. The van der Waals surface area contributed by atoms with Gasteiger partial charge in [0.25, 0.3) is 5.91 Å². The van der Waals surface area contributed by atoms with E-state index in [1.165, 1.54) is 13.3 Å². The van der Waals surface area contributed by atoms with Crippen molar-refractivity contribution in [1.29, 1.82) is 0 Å². The van der Waals surface area contributed by atoms with Crippen molar-refractivity contribution in [3.05, 3.63) is 79.8 Å². The number of carbonyl (C=O) groups excluding carboxylic acids is 2. The summed E-state index contributed by atoms with van der Waals surface area (Å²) in [5.74, 6) is 0.598. The van der Waals surface area contributed by atoms with Crippen LogP contribution in [0, 0.1) is 10.5 Å². The molecular weight excluding hydrogens is 615 g/mol. The first-order chi connectivity index (χ1) is 16.4. The normalized spacial score (nSPS) is 10.6. The van der Waals surface area contributed by atoms with Gasteiger partial charge in [0.15, 0.2) is 18.1 Å². The molecule has 3 aromatic rings. The summed E-state index contributed by atoms with van der Waals surface area (Å²) in [7, 11) is 1.51. The largest absolute Gasteiger partial charge is 0.493 e. The highest BCUT2D eigenvalue weighted by Crippen LogP contribution is 2.33. The van der Waals surface area contributed by atoms with Crippen LogP contribution in [0.2, 0.25) is 0 Å². The molecule has 0 aliphatic heterocycles. The van der Waals surface area contributed by atoms with Gasteiger partial charge in [-0.25, -0.2) is 10.2 Å². The molecule has 0 bridgehead atoms. The molecule has 0 radical (unpaired) electrons. The topological polar surface area (TPSA) is 101 Å². The van der Waals surface area contributed by atoms with Crippen LogP contribution < -0.4 is 25.5 Å². The fourth-order valence-electron chi connectivity index (χ4n) is 2.86. The van der Waals surface area contributed by atoms with Crippen LogP contribution in [0.4, 0.5) is 16.2 Å². The van der Waals surface area contributed by atoms with Gasteiger partial charge >= 0.3 is 6.03 Å². The Morgan fingerprint density at radius 2 is 1.82 bits per heavy atom. The van der Waals surface area contributed by atoms with Gasteiger partial charge in [-0.2, -0.15) is 5.10 Å². The van der Waals surface area contributed by atoms with Gasteiger partial charge in [0.05, 0.1) is 16.9 Å². The summed E-state index contributed by atoms with van der Waals surface area (Å²) in [5.41, 5.74) is 5.46. The first kappa shape index (κ1) is 25.5. The van der Waals surface area contributed by atoms with Crippen LogP contribution in [0.1, 0.15) is 11.1 Å². The molecule has 0 spiro atoms. The highest BCUT2D eigenvalue weighted by Gasteiger charge is 2.13.